The maximum absolute atomic E-state index is 13.1. The smallest absolute Gasteiger partial charge is 0.123 e. The molecule has 1 nitrogen and oxygen atoms in total. The zero-order valence-corrected chi connectivity index (χ0v) is 12.1. The normalized spacial score (nSPS) is 18.1. The lowest BCUT2D eigenvalue weighted by molar-refractivity contribution is 0.268. The van der Waals surface area contributed by atoms with E-state index >= 15 is 0 Å². The summed E-state index contributed by atoms with van der Waals surface area (Å²) in [6, 6.07) is 14.0. The second kappa shape index (κ2) is 5.37. The van der Waals surface area contributed by atoms with E-state index in [1.54, 1.807) is 12.1 Å². The van der Waals surface area contributed by atoms with Crippen LogP contribution in [0.5, 0.6) is 0 Å². The maximum Gasteiger partial charge on any atom is 0.123 e. The van der Waals surface area contributed by atoms with E-state index in [4.69, 9.17) is 0 Å². The lowest BCUT2D eigenvalue weighted by Crippen LogP contribution is -2.33. The Hall–Kier alpha value is -1.67. The molecule has 0 aromatic heterocycles. The number of nitrogens with zero attached hydrogens (tertiary/aromatic N) is 1. The van der Waals surface area contributed by atoms with E-state index in [9.17, 15) is 4.39 Å². The zero-order chi connectivity index (χ0) is 14.1. The molecule has 3 rings (SSSR count). The molecule has 20 heavy (non-hydrogen) atoms. The fourth-order valence-corrected chi connectivity index (χ4v) is 3.13. The summed E-state index contributed by atoms with van der Waals surface area (Å²) in [6.45, 7) is 0. The number of rotatable bonds is 2. The fraction of sp³-hybridized carbons (Fsp3) is 0.333. The maximum atomic E-state index is 13.1. The van der Waals surface area contributed by atoms with Gasteiger partial charge in [0.05, 0.1) is 0 Å². The molecule has 1 atom stereocenters. The van der Waals surface area contributed by atoms with Crippen LogP contribution < -0.4 is 0 Å². The molecule has 0 saturated carbocycles. The van der Waals surface area contributed by atoms with Gasteiger partial charge in [-0.25, -0.2) is 4.39 Å². The molecule has 0 fully saturated rings. The minimum absolute atomic E-state index is 0.175. The molecule has 0 heterocycles. The lowest BCUT2D eigenvalue weighted by Gasteiger charge is -2.31. The van der Waals surface area contributed by atoms with Crippen molar-refractivity contribution in [3.8, 4) is 11.1 Å². The molecule has 2 aromatic carbocycles. The van der Waals surface area contributed by atoms with E-state index < -0.39 is 0 Å². The summed E-state index contributed by atoms with van der Waals surface area (Å²) in [5, 5.41) is 0. The molecular formula is C18H20FN. The van der Waals surface area contributed by atoms with Crippen LogP contribution in [0.15, 0.2) is 42.5 Å². The molecule has 0 saturated heterocycles. The molecule has 104 valence electrons. The predicted octanol–water partition coefficient (Wildman–Crippen LogP) is 3.91. The topological polar surface area (TPSA) is 3.24 Å². The van der Waals surface area contributed by atoms with Gasteiger partial charge < -0.3 is 4.90 Å². The molecule has 2 heteroatoms. The summed E-state index contributed by atoms with van der Waals surface area (Å²) in [4.78, 5) is 2.31. The second-order valence-corrected chi connectivity index (χ2v) is 5.81. The highest BCUT2D eigenvalue weighted by Crippen LogP contribution is 2.32. The summed E-state index contributed by atoms with van der Waals surface area (Å²) in [7, 11) is 4.30. The monoisotopic (exact) mass is 269 g/mol. The van der Waals surface area contributed by atoms with Crippen molar-refractivity contribution in [3.05, 3.63) is 59.4 Å². The molecule has 2 aromatic rings. The van der Waals surface area contributed by atoms with Crippen molar-refractivity contribution < 1.29 is 4.39 Å². The van der Waals surface area contributed by atoms with Crippen LogP contribution in [0.3, 0.4) is 0 Å². The van der Waals surface area contributed by atoms with Crippen LogP contribution in [0.25, 0.3) is 11.1 Å². The third kappa shape index (κ3) is 2.48. The third-order valence-corrected chi connectivity index (χ3v) is 4.34. The highest BCUT2D eigenvalue weighted by Gasteiger charge is 2.22. The Balaban J connectivity index is 1.99. The summed E-state index contributed by atoms with van der Waals surface area (Å²) >= 11 is 0. The molecular weight excluding hydrogens is 249 g/mol. The molecule has 1 aliphatic carbocycles. The van der Waals surface area contributed by atoms with Crippen LogP contribution in [0, 0.1) is 5.82 Å². The Kier molecular flexibility index (Phi) is 3.58. The van der Waals surface area contributed by atoms with Crippen LogP contribution in [0.1, 0.15) is 17.5 Å². The van der Waals surface area contributed by atoms with Crippen LogP contribution in [-0.4, -0.2) is 25.0 Å². The molecule has 0 aliphatic heterocycles. The van der Waals surface area contributed by atoms with Gasteiger partial charge in [-0.2, -0.15) is 0 Å². The number of hydrogen-bond donors (Lipinski definition) is 0. The minimum atomic E-state index is -0.175. The highest BCUT2D eigenvalue weighted by atomic mass is 19.1. The van der Waals surface area contributed by atoms with Gasteiger partial charge in [0.1, 0.15) is 5.82 Å². The first-order chi connectivity index (χ1) is 9.65. The molecule has 0 radical (unpaired) electrons. The van der Waals surface area contributed by atoms with E-state index in [0.717, 1.165) is 18.4 Å². The number of halogens is 1. The van der Waals surface area contributed by atoms with Gasteiger partial charge in [-0.15, -0.1) is 0 Å². The van der Waals surface area contributed by atoms with E-state index in [-0.39, 0.29) is 5.82 Å². The van der Waals surface area contributed by atoms with Gasteiger partial charge >= 0.3 is 0 Å². The highest BCUT2D eigenvalue weighted by molar-refractivity contribution is 5.69. The average Bonchev–Trinajstić information content (AvgIpc) is 2.47. The number of fused-ring (bicyclic) bond motifs is 1. The third-order valence-electron chi connectivity index (χ3n) is 4.34. The van der Waals surface area contributed by atoms with Gasteiger partial charge in [0.2, 0.25) is 0 Å². The molecule has 0 N–H and O–H groups in total. The van der Waals surface area contributed by atoms with Crippen molar-refractivity contribution in [2.75, 3.05) is 14.1 Å². The summed E-state index contributed by atoms with van der Waals surface area (Å²) < 4.78 is 13.1. The van der Waals surface area contributed by atoms with Crippen LogP contribution in [-0.2, 0) is 12.8 Å². The van der Waals surface area contributed by atoms with Gasteiger partial charge in [-0.05, 0) is 67.7 Å². The average molecular weight is 269 g/mol. The van der Waals surface area contributed by atoms with Crippen molar-refractivity contribution in [2.45, 2.75) is 25.3 Å². The van der Waals surface area contributed by atoms with Crippen molar-refractivity contribution in [2.24, 2.45) is 0 Å². The lowest BCUT2D eigenvalue weighted by atomic mass is 9.83. The quantitative estimate of drug-likeness (QED) is 0.799. The molecule has 0 amide bonds. The Morgan fingerprint density at radius 1 is 1.05 bits per heavy atom. The molecule has 0 spiro atoms. The number of benzene rings is 2. The van der Waals surface area contributed by atoms with Gasteiger partial charge in [0, 0.05) is 6.04 Å². The van der Waals surface area contributed by atoms with Crippen molar-refractivity contribution in [1.82, 2.24) is 4.90 Å². The second-order valence-electron chi connectivity index (χ2n) is 5.81. The zero-order valence-electron chi connectivity index (χ0n) is 12.1. The standard InChI is InChI=1S/C18H20FN/c1-20(2)16-10-11-18-14(12-16)4-3-5-17(18)13-6-8-15(19)9-7-13/h3-9,16H,10-12H2,1-2H3. The molecule has 1 unspecified atom stereocenters. The molecule has 1 aliphatic rings. The van der Waals surface area contributed by atoms with Gasteiger partial charge in [0.25, 0.3) is 0 Å². The van der Waals surface area contributed by atoms with Crippen LogP contribution in [0.4, 0.5) is 4.39 Å². The first kappa shape index (κ1) is 13.3. The van der Waals surface area contributed by atoms with Crippen LogP contribution in [0.2, 0.25) is 0 Å². The first-order valence-electron chi connectivity index (χ1n) is 7.18. The molecule has 0 bridgehead atoms. The Labute approximate surface area is 120 Å². The van der Waals surface area contributed by atoms with Crippen molar-refractivity contribution in [3.63, 3.8) is 0 Å². The van der Waals surface area contributed by atoms with Gasteiger partial charge in [-0.1, -0.05) is 30.3 Å². The minimum Gasteiger partial charge on any atom is -0.306 e. The van der Waals surface area contributed by atoms with E-state index in [1.165, 1.54) is 23.1 Å². The van der Waals surface area contributed by atoms with E-state index in [2.05, 4.69) is 37.2 Å². The number of hydrogen-bond acceptors (Lipinski definition) is 1. The van der Waals surface area contributed by atoms with Crippen LogP contribution >= 0.6 is 0 Å². The van der Waals surface area contributed by atoms with Gasteiger partial charge in [-0.3, -0.25) is 0 Å². The van der Waals surface area contributed by atoms with E-state index in [1.807, 2.05) is 12.1 Å². The summed E-state index contributed by atoms with van der Waals surface area (Å²) in [6.07, 6.45) is 3.40. The van der Waals surface area contributed by atoms with E-state index in [0.29, 0.717) is 6.04 Å². The Morgan fingerprint density at radius 3 is 2.50 bits per heavy atom. The summed E-state index contributed by atoms with van der Waals surface area (Å²) in [5.41, 5.74) is 5.26. The Morgan fingerprint density at radius 2 is 1.80 bits per heavy atom. The Bertz CT molecular complexity index is 601. The largest absolute Gasteiger partial charge is 0.306 e. The van der Waals surface area contributed by atoms with Crippen molar-refractivity contribution >= 4 is 0 Å². The fourth-order valence-electron chi connectivity index (χ4n) is 3.13. The predicted molar refractivity (Wildman–Crippen MR) is 81.3 cm³/mol. The van der Waals surface area contributed by atoms with Gasteiger partial charge in [0.15, 0.2) is 0 Å². The van der Waals surface area contributed by atoms with Crippen molar-refractivity contribution in [1.29, 1.82) is 0 Å². The first-order valence-corrected chi connectivity index (χ1v) is 7.18. The SMILES string of the molecule is CN(C)C1CCc2c(cccc2-c2ccc(F)cc2)C1. The summed E-state index contributed by atoms with van der Waals surface area (Å²) in [5.74, 6) is -0.175. The number of likely N-dealkylation sites (N-methyl/N-ethyl adjacent to an activating group) is 1.